The van der Waals surface area contributed by atoms with Crippen LogP contribution in [0.4, 0.5) is 0 Å². The molecule has 0 rings (SSSR count). The summed E-state index contributed by atoms with van der Waals surface area (Å²) in [7, 11) is 3.49. The summed E-state index contributed by atoms with van der Waals surface area (Å²) in [4.78, 5) is 53.7. The Hall–Kier alpha value is -2.48. The van der Waals surface area contributed by atoms with Crippen molar-refractivity contribution in [3.63, 3.8) is 0 Å². The van der Waals surface area contributed by atoms with Crippen molar-refractivity contribution in [3.8, 4) is 0 Å². The molecule has 2 unspecified atom stereocenters. The highest BCUT2D eigenvalue weighted by Gasteiger charge is 2.39. The molecule has 39 heavy (non-hydrogen) atoms. The number of hydrogen-bond acceptors (Lipinski definition) is 6. The summed E-state index contributed by atoms with van der Waals surface area (Å²) < 4.78 is 5.24. The predicted octanol–water partition coefficient (Wildman–Crippen LogP) is 4.97. The molecule has 0 saturated carbocycles. The summed E-state index contributed by atoms with van der Waals surface area (Å²) in [6.07, 6.45) is 12.6. The van der Waals surface area contributed by atoms with Gasteiger partial charge in [0.1, 0.15) is 18.4 Å². The first-order valence-corrected chi connectivity index (χ1v) is 14.6. The first-order valence-electron chi connectivity index (χ1n) is 14.6. The quantitative estimate of drug-likeness (QED) is 0.0807. The molecule has 2 amide bonds. The number of aldehydes is 1. The lowest BCUT2D eigenvalue weighted by Gasteiger charge is -2.37. The van der Waals surface area contributed by atoms with E-state index in [1.807, 2.05) is 19.9 Å². The van der Waals surface area contributed by atoms with Gasteiger partial charge in [-0.1, -0.05) is 65.0 Å². The second kappa shape index (κ2) is 20.4. The zero-order chi connectivity index (χ0) is 29.8. The zero-order valence-corrected chi connectivity index (χ0v) is 25.4. The number of esters is 1. The summed E-state index contributed by atoms with van der Waals surface area (Å²) in [5.74, 6) is -1.31. The third kappa shape index (κ3) is 13.9. The van der Waals surface area contributed by atoms with E-state index in [1.54, 1.807) is 32.0 Å². The average molecular weight is 550 g/mol. The Labute approximate surface area is 237 Å². The average Bonchev–Trinajstić information content (AvgIpc) is 2.88. The van der Waals surface area contributed by atoms with E-state index in [0.29, 0.717) is 19.3 Å². The highest BCUT2D eigenvalue weighted by molar-refractivity contribution is 5.91. The smallest absolute Gasteiger partial charge is 0.328 e. The van der Waals surface area contributed by atoms with Crippen LogP contribution in [0.25, 0.3) is 0 Å². The molecule has 224 valence electrons. The molecule has 0 saturated heterocycles. The van der Waals surface area contributed by atoms with Gasteiger partial charge < -0.3 is 20.2 Å². The monoisotopic (exact) mass is 549 g/mol. The third-order valence-electron chi connectivity index (χ3n) is 7.14. The molecule has 4 atom stereocenters. The van der Waals surface area contributed by atoms with Gasteiger partial charge in [0.25, 0.3) is 0 Å². The molecule has 0 aliphatic rings. The molecule has 0 aromatic rings. The second-order valence-electron chi connectivity index (χ2n) is 11.1. The fourth-order valence-electron chi connectivity index (χ4n) is 4.67. The zero-order valence-electron chi connectivity index (χ0n) is 25.4. The van der Waals surface area contributed by atoms with Crippen molar-refractivity contribution in [2.75, 3.05) is 20.7 Å². The van der Waals surface area contributed by atoms with Gasteiger partial charge in [-0.25, -0.2) is 4.79 Å². The molecule has 0 heterocycles. The Morgan fingerprint density at radius 3 is 2.08 bits per heavy atom. The predicted molar refractivity (Wildman–Crippen MR) is 158 cm³/mol. The van der Waals surface area contributed by atoms with Gasteiger partial charge in [0.15, 0.2) is 0 Å². The van der Waals surface area contributed by atoms with E-state index in [2.05, 4.69) is 30.7 Å². The number of nitrogens with zero attached hydrogens (tertiary/aromatic N) is 1. The van der Waals surface area contributed by atoms with Gasteiger partial charge in [-0.05, 0) is 59.0 Å². The third-order valence-corrected chi connectivity index (χ3v) is 7.14. The molecule has 8 heteroatoms. The number of carbonyl (C=O) groups is 4. The Morgan fingerprint density at radius 2 is 1.56 bits per heavy atom. The van der Waals surface area contributed by atoms with Crippen LogP contribution in [0, 0.1) is 11.8 Å². The van der Waals surface area contributed by atoms with Crippen LogP contribution in [-0.2, 0) is 23.9 Å². The van der Waals surface area contributed by atoms with Crippen molar-refractivity contribution >= 4 is 24.1 Å². The number of nitrogens with one attached hydrogen (secondary N) is 2. The summed E-state index contributed by atoms with van der Waals surface area (Å²) in [6.45, 7) is 15.5. The maximum absolute atomic E-state index is 13.5. The van der Waals surface area contributed by atoms with Crippen LogP contribution in [-0.4, -0.2) is 67.3 Å². The van der Waals surface area contributed by atoms with Crippen LogP contribution in [0.3, 0.4) is 0 Å². The van der Waals surface area contributed by atoms with E-state index >= 15 is 0 Å². The number of rotatable bonds is 23. The van der Waals surface area contributed by atoms with Crippen LogP contribution in [0.2, 0.25) is 0 Å². The molecule has 0 bridgehead atoms. The minimum absolute atomic E-state index is 0.0160. The number of allylic oxidation sites excluding steroid dienone is 1. The molecule has 8 nitrogen and oxygen atoms in total. The Morgan fingerprint density at radius 1 is 0.923 bits per heavy atom. The van der Waals surface area contributed by atoms with Crippen molar-refractivity contribution in [2.24, 2.45) is 11.8 Å². The molecule has 0 radical (unpaired) electrons. The fourth-order valence-corrected chi connectivity index (χ4v) is 4.67. The molecule has 2 N–H and O–H groups in total. The number of likely N-dealkylation sites (N-methyl/N-ethyl adjacent to an activating group) is 1. The number of amides is 2. The Balaban J connectivity index is 5.82. The molecular formula is C31H55N3O5. The van der Waals surface area contributed by atoms with Gasteiger partial charge in [-0.3, -0.25) is 14.5 Å². The summed E-state index contributed by atoms with van der Waals surface area (Å²) in [5, 5.41) is 5.78. The first-order chi connectivity index (χ1) is 18.5. The van der Waals surface area contributed by atoms with Gasteiger partial charge in [-0.2, -0.15) is 0 Å². The molecule has 0 aliphatic carbocycles. The number of unbranched alkanes of at least 4 members (excludes halogenated alkanes) is 4. The van der Waals surface area contributed by atoms with E-state index in [1.165, 1.54) is 6.42 Å². The molecule has 0 aliphatic heterocycles. The highest BCUT2D eigenvalue weighted by atomic mass is 16.5. The molecule has 0 aromatic heterocycles. The lowest BCUT2D eigenvalue weighted by atomic mass is 9.87. The standard InChI is InChI=1S/C31H55N3O5/c1-9-13-15-16-17-19-25(18-14-10-2)28(36)32-26(21-24(5)6)29(37)33-27(30(38)39-12-4)22-31(23-35,20-11-3)34(7)8/h10-11,23-27H,2-3,9,12-22H2,1,4-8H3,(H,32,36)(H,33,37)/t25?,26-,27-,31?/m0/s1. The van der Waals surface area contributed by atoms with Crippen LogP contribution in [0.15, 0.2) is 25.3 Å². The minimum Gasteiger partial charge on any atom is -0.464 e. The van der Waals surface area contributed by atoms with Gasteiger partial charge in [0.05, 0.1) is 12.1 Å². The molecular weight excluding hydrogens is 494 g/mol. The summed E-state index contributed by atoms with van der Waals surface area (Å²) >= 11 is 0. The number of ether oxygens (including phenoxy) is 1. The largest absolute Gasteiger partial charge is 0.464 e. The van der Waals surface area contributed by atoms with Crippen LogP contribution in [0.5, 0.6) is 0 Å². The summed E-state index contributed by atoms with van der Waals surface area (Å²) in [6, 6.07) is -1.88. The first kappa shape index (κ1) is 36.5. The lowest BCUT2D eigenvalue weighted by Crippen LogP contribution is -2.57. The van der Waals surface area contributed by atoms with Gasteiger partial charge in [-0.15, -0.1) is 13.2 Å². The van der Waals surface area contributed by atoms with Crippen LogP contribution < -0.4 is 10.6 Å². The Kier molecular flexibility index (Phi) is 19.1. The molecule has 0 aromatic carbocycles. The van der Waals surface area contributed by atoms with Crippen molar-refractivity contribution in [2.45, 2.75) is 116 Å². The maximum atomic E-state index is 13.5. The SMILES string of the molecule is C=CCCC(CCCCCCC)C(=O)N[C@@H](CC(C)C)C(=O)N[C@@H](CC(C=O)(CC=C)N(C)C)C(=O)OCC. The van der Waals surface area contributed by atoms with Crippen molar-refractivity contribution < 1.29 is 23.9 Å². The van der Waals surface area contributed by atoms with E-state index < -0.39 is 29.5 Å². The normalized spacial score (nSPS) is 15.1. The summed E-state index contributed by atoms with van der Waals surface area (Å²) in [5.41, 5.74) is -1.04. The number of carbonyl (C=O) groups excluding carboxylic acids is 4. The highest BCUT2D eigenvalue weighted by Crippen LogP contribution is 2.23. The fraction of sp³-hybridized carbons (Fsp3) is 0.742. The lowest BCUT2D eigenvalue weighted by molar-refractivity contribution is -0.149. The van der Waals surface area contributed by atoms with E-state index in [-0.39, 0.29) is 30.8 Å². The topological polar surface area (TPSA) is 105 Å². The molecule has 0 spiro atoms. The number of hydrogen-bond donors (Lipinski definition) is 2. The minimum atomic E-state index is -1.06. The van der Waals surface area contributed by atoms with Gasteiger partial charge in [0.2, 0.25) is 11.8 Å². The van der Waals surface area contributed by atoms with E-state index in [9.17, 15) is 19.2 Å². The van der Waals surface area contributed by atoms with Crippen molar-refractivity contribution in [1.29, 1.82) is 0 Å². The van der Waals surface area contributed by atoms with Gasteiger partial charge >= 0.3 is 5.97 Å². The van der Waals surface area contributed by atoms with E-state index in [4.69, 9.17) is 4.74 Å². The maximum Gasteiger partial charge on any atom is 0.328 e. The Bertz CT molecular complexity index is 767. The van der Waals surface area contributed by atoms with Crippen molar-refractivity contribution in [1.82, 2.24) is 15.5 Å². The van der Waals surface area contributed by atoms with Gasteiger partial charge in [0, 0.05) is 12.3 Å². The second-order valence-corrected chi connectivity index (χ2v) is 11.1. The van der Waals surface area contributed by atoms with E-state index in [0.717, 1.165) is 44.8 Å². The van der Waals surface area contributed by atoms with Crippen LogP contribution in [0.1, 0.15) is 98.3 Å². The molecule has 0 fully saturated rings. The van der Waals surface area contributed by atoms with Crippen molar-refractivity contribution in [3.05, 3.63) is 25.3 Å². The van der Waals surface area contributed by atoms with Crippen LogP contribution >= 0.6 is 0 Å².